The quantitative estimate of drug-likeness (QED) is 0.132. The summed E-state index contributed by atoms with van der Waals surface area (Å²) < 4.78 is 0. The summed E-state index contributed by atoms with van der Waals surface area (Å²) in [7, 11) is 0. The molecule has 0 amide bonds. The number of allylic oxidation sites excluding steroid dienone is 1. The van der Waals surface area contributed by atoms with Crippen LogP contribution < -0.4 is 16.5 Å². The number of carbonyl (C=O) groups is 1. The molecule has 0 fully saturated rings. The van der Waals surface area contributed by atoms with Gasteiger partial charge < -0.3 is 16.2 Å². The lowest BCUT2D eigenvalue weighted by Gasteiger charge is -2.13. The second-order valence-corrected chi connectivity index (χ2v) is 4.08. The number of carboxylic acid groups (broad SMARTS) is 1. The molecule has 6 N–H and O–H groups in total. The lowest BCUT2D eigenvalue weighted by molar-refractivity contribution is -0.144. The van der Waals surface area contributed by atoms with Crippen molar-refractivity contribution in [2.24, 2.45) is 5.73 Å². The van der Waals surface area contributed by atoms with E-state index in [1.165, 1.54) is 0 Å². The third-order valence-electron chi connectivity index (χ3n) is 2.08. The summed E-state index contributed by atoms with van der Waals surface area (Å²) in [4.78, 5) is 16.0. The average molecular weight is 258 g/mol. The number of hydrogen-bond donors (Lipinski definition) is 5. The van der Waals surface area contributed by atoms with Crippen molar-refractivity contribution in [2.75, 3.05) is 13.2 Å². The highest BCUT2D eigenvalue weighted by Gasteiger charge is 2.16. The van der Waals surface area contributed by atoms with Crippen LogP contribution in [0.15, 0.2) is 11.6 Å². The van der Waals surface area contributed by atoms with Gasteiger partial charge in [0.2, 0.25) is 0 Å². The number of hydrogen-bond acceptors (Lipinski definition) is 4. The van der Waals surface area contributed by atoms with E-state index in [1.54, 1.807) is 0 Å². The van der Waals surface area contributed by atoms with Crippen LogP contribution in [0.1, 0.15) is 26.7 Å². The van der Waals surface area contributed by atoms with Gasteiger partial charge in [-0.05, 0) is 26.7 Å². The zero-order valence-electron chi connectivity index (χ0n) is 10.8. The summed E-state index contributed by atoms with van der Waals surface area (Å²) in [6.45, 7) is 4.67. The van der Waals surface area contributed by atoms with Crippen LogP contribution in [-0.4, -0.2) is 36.2 Å². The van der Waals surface area contributed by atoms with Gasteiger partial charge in [-0.25, -0.2) is 0 Å². The van der Waals surface area contributed by atoms with Crippen molar-refractivity contribution in [1.82, 2.24) is 10.8 Å². The largest absolute Gasteiger partial charge is 0.480 e. The summed E-state index contributed by atoms with van der Waals surface area (Å²) in [6, 6.07) is -0.760. The molecule has 0 aromatic rings. The Balaban J connectivity index is 3.82. The highest BCUT2D eigenvalue weighted by atomic mass is 16.6. The summed E-state index contributed by atoms with van der Waals surface area (Å²) >= 11 is 0. The number of carboxylic acids is 1. The van der Waals surface area contributed by atoms with Crippen molar-refractivity contribution in [3.63, 3.8) is 0 Å². The Hall–Kier alpha value is -1.60. The fourth-order valence-electron chi connectivity index (χ4n) is 1.12. The van der Waals surface area contributed by atoms with E-state index in [1.807, 2.05) is 19.9 Å². The maximum atomic E-state index is 10.9. The number of aliphatic carboxylic acids is 1. The lowest BCUT2D eigenvalue weighted by Crippen LogP contribution is -2.38. The topological polar surface area (TPSA) is 120 Å². The van der Waals surface area contributed by atoms with Crippen molar-refractivity contribution >= 4 is 11.9 Å². The van der Waals surface area contributed by atoms with Crippen molar-refractivity contribution in [2.45, 2.75) is 32.7 Å². The molecule has 0 saturated carbocycles. The minimum Gasteiger partial charge on any atom is -0.480 e. The van der Waals surface area contributed by atoms with Gasteiger partial charge in [0.05, 0.1) is 6.61 Å². The van der Waals surface area contributed by atoms with Crippen molar-refractivity contribution in [3.8, 4) is 0 Å². The third kappa shape index (κ3) is 9.61. The number of rotatable bonds is 9. The first kappa shape index (κ1) is 16.4. The van der Waals surface area contributed by atoms with E-state index < -0.39 is 12.0 Å². The predicted molar refractivity (Wildman–Crippen MR) is 69.1 cm³/mol. The number of nitrogens with one attached hydrogen (secondary N) is 3. The maximum Gasteiger partial charge on any atom is 0.323 e. The van der Waals surface area contributed by atoms with E-state index in [9.17, 15) is 4.79 Å². The van der Waals surface area contributed by atoms with Crippen LogP contribution in [0.2, 0.25) is 0 Å². The molecule has 0 aliphatic heterocycles. The van der Waals surface area contributed by atoms with Gasteiger partial charge in [-0.1, -0.05) is 11.6 Å². The Morgan fingerprint density at radius 3 is 2.72 bits per heavy atom. The lowest BCUT2D eigenvalue weighted by atomic mass is 10.2. The van der Waals surface area contributed by atoms with E-state index in [4.69, 9.17) is 21.1 Å². The molecule has 0 bridgehead atoms. The standard InChI is InChI=1S/C11H22N4O3/c1-8(2)5-7-18-15-9(10(16)17)4-3-6-14-11(12)13/h5,9,15H,3-4,6-7H2,1-2H3,(H,16,17)(H4,12,13,14)/t9-/m0/s1. The first-order chi connectivity index (χ1) is 8.43. The summed E-state index contributed by atoms with van der Waals surface area (Å²) in [6.07, 6.45) is 2.82. The summed E-state index contributed by atoms with van der Waals surface area (Å²) in [5.74, 6) is -1.08. The van der Waals surface area contributed by atoms with Crippen LogP contribution in [0.5, 0.6) is 0 Å². The van der Waals surface area contributed by atoms with Gasteiger partial charge in [-0.15, -0.1) is 0 Å². The smallest absolute Gasteiger partial charge is 0.323 e. The van der Waals surface area contributed by atoms with Gasteiger partial charge >= 0.3 is 5.97 Å². The van der Waals surface area contributed by atoms with Crippen LogP contribution in [0, 0.1) is 5.41 Å². The maximum absolute atomic E-state index is 10.9. The summed E-state index contributed by atoms with van der Waals surface area (Å²) in [5, 5.41) is 18.5. The molecular formula is C11H22N4O3. The predicted octanol–water partition coefficient (Wildman–Crippen LogP) is 0.190. The minimum atomic E-state index is -0.963. The molecule has 18 heavy (non-hydrogen) atoms. The Morgan fingerprint density at radius 1 is 1.56 bits per heavy atom. The molecule has 1 atom stereocenters. The Labute approximate surface area is 107 Å². The Bertz CT molecular complexity index is 301. The van der Waals surface area contributed by atoms with Crippen molar-refractivity contribution < 1.29 is 14.7 Å². The van der Waals surface area contributed by atoms with Crippen LogP contribution in [0.3, 0.4) is 0 Å². The van der Waals surface area contributed by atoms with Gasteiger partial charge in [0, 0.05) is 6.54 Å². The zero-order chi connectivity index (χ0) is 14.0. The van der Waals surface area contributed by atoms with Crippen LogP contribution >= 0.6 is 0 Å². The van der Waals surface area contributed by atoms with E-state index >= 15 is 0 Å². The molecule has 7 nitrogen and oxygen atoms in total. The molecule has 0 aromatic carbocycles. The molecule has 0 spiro atoms. The van der Waals surface area contributed by atoms with Crippen LogP contribution in [0.4, 0.5) is 0 Å². The van der Waals surface area contributed by atoms with E-state index in [0.717, 1.165) is 5.57 Å². The van der Waals surface area contributed by atoms with Crippen molar-refractivity contribution in [1.29, 1.82) is 5.41 Å². The van der Waals surface area contributed by atoms with E-state index in [-0.39, 0.29) is 5.96 Å². The SMILES string of the molecule is CC(C)=CCON[C@@H](CCCNC(=N)N)C(=O)O. The van der Waals surface area contributed by atoms with Gasteiger partial charge in [-0.3, -0.25) is 15.0 Å². The Morgan fingerprint density at radius 2 is 2.22 bits per heavy atom. The molecule has 0 unspecified atom stereocenters. The molecule has 0 saturated heterocycles. The normalized spacial score (nSPS) is 11.7. The first-order valence-corrected chi connectivity index (χ1v) is 5.75. The third-order valence-corrected chi connectivity index (χ3v) is 2.08. The van der Waals surface area contributed by atoms with Gasteiger partial charge in [0.25, 0.3) is 0 Å². The monoisotopic (exact) mass is 258 g/mol. The molecule has 0 heterocycles. The van der Waals surface area contributed by atoms with Crippen molar-refractivity contribution in [3.05, 3.63) is 11.6 Å². The minimum absolute atomic E-state index is 0.116. The first-order valence-electron chi connectivity index (χ1n) is 5.75. The molecule has 0 rings (SSSR count). The number of hydroxylamine groups is 1. The summed E-state index contributed by atoms with van der Waals surface area (Å²) in [5.41, 5.74) is 8.72. The number of guanidine groups is 1. The average Bonchev–Trinajstić information content (AvgIpc) is 2.25. The molecule has 0 aromatic heterocycles. The van der Waals surface area contributed by atoms with Crippen LogP contribution in [-0.2, 0) is 9.63 Å². The van der Waals surface area contributed by atoms with E-state index in [2.05, 4.69) is 10.8 Å². The second kappa shape index (κ2) is 9.43. The van der Waals surface area contributed by atoms with Crippen LogP contribution in [0.25, 0.3) is 0 Å². The van der Waals surface area contributed by atoms with Gasteiger partial charge in [-0.2, -0.15) is 5.48 Å². The molecule has 0 radical (unpaired) electrons. The highest BCUT2D eigenvalue weighted by molar-refractivity contribution is 5.74. The molecule has 0 aliphatic rings. The van der Waals surface area contributed by atoms with Gasteiger partial charge in [0.1, 0.15) is 6.04 Å². The number of nitrogens with two attached hydrogens (primary N) is 1. The molecule has 7 heteroatoms. The zero-order valence-corrected chi connectivity index (χ0v) is 10.8. The molecule has 104 valence electrons. The highest BCUT2D eigenvalue weighted by Crippen LogP contribution is 1.97. The second-order valence-electron chi connectivity index (χ2n) is 4.08. The molecule has 0 aliphatic carbocycles. The Kier molecular flexibility index (Phi) is 8.59. The molecular weight excluding hydrogens is 236 g/mol. The van der Waals surface area contributed by atoms with E-state index in [0.29, 0.717) is 26.0 Å². The fourth-order valence-corrected chi connectivity index (χ4v) is 1.12. The fraction of sp³-hybridized carbons (Fsp3) is 0.636. The van der Waals surface area contributed by atoms with Gasteiger partial charge in [0.15, 0.2) is 5.96 Å².